The van der Waals surface area contributed by atoms with E-state index in [0.29, 0.717) is 0 Å². The largest absolute Gasteiger partial charge is 0.271 e. The van der Waals surface area contributed by atoms with Gasteiger partial charge in [0.2, 0.25) is 0 Å². The smallest absolute Gasteiger partial charge is 0.124 e. The minimum Gasteiger partial charge on any atom is -0.271 e. The summed E-state index contributed by atoms with van der Waals surface area (Å²) in [4.78, 5) is 4.38. The molecule has 1 aliphatic heterocycles. The lowest BCUT2D eigenvalue weighted by Crippen LogP contribution is -1.84. The summed E-state index contributed by atoms with van der Waals surface area (Å²) in [5.74, 6) is 2.13. The fourth-order valence-corrected chi connectivity index (χ4v) is 3.22. The SMILES string of the molecule is Clc1ccc(CSC2=NCCS2)cc1. The molecule has 2 rings (SSSR count). The van der Waals surface area contributed by atoms with E-state index in [0.717, 1.165) is 23.1 Å². The van der Waals surface area contributed by atoms with Crippen molar-refractivity contribution in [3.63, 3.8) is 0 Å². The van der Waals surface area contributed by atoms with Gasteiger partial charge in [-0.2, -0.15) is 0 Å². The highest BCUT2D eigenvalue weighted by Crippen LogP contribution is 2.25. The van der Waals surface area contributed by atoms with Gasteiger partial charge in [0, 0.05) is 16.5 Å². The van der Waals surface area contributed by atoms with Crippen LogP contribution in [0, 0.1) is 0 Å². The summed E-state index contributed by atoms with van der Waals surface area (Å²) in [5.41, 5.74) is 1.30. The van der Waals surface area contributed by atoms with Gasteiger partial charge in [-0.3, -0.25) is 4.99 Å². The van der Waals surface area contributed by atoms with Crippen molar-refractivity contribution in [2.24, 2.45) is 4.99 Å². The van der Waals surface area contributed by atoms with Crippen molar-refractivity contribution in [3.8, 4) is 0 Å². The van der Waals surface area contributed by atoms with Crippen molar-refractivity contribution in [2.75, 3.05) is 12.3 Å². The number of nitrogens with zero attached hydrogens (tertiary/aromatic N) is 1. The lowest BCUT2D eigenvalue weighted by atomic mass is 10.2. The van der Waals surface area contributed by atoms with Crippen molar-refractivity contribution in [2.45, 2.75) is 5.75 Å². The van der Waals surface area contributed by atoms with Crippen LogP contribution in [-0.2, 0) is 5.75 Å². The summed E-state index contributed by atoms with van der Waals surface area (Å²) in [6, 6.07) is 7.99. The molecule has 0 fully saturated rings. The van der Waals surface area contributed by atoms with Crippen molar-refractivity contribution in [3.05, 3.63) is 34.9 Å². The first-order valence-electron chi connectivity index (χ1n) is 4.39. The summed E-state index contributed by atoms with van der Waals surface area (Å²) in [6.45, 7) is 0.980. The van der Waals surface area contributed by atoms with E-state index >= 15 is 0 Å². The van der Waals surface area contributed by atoms with Gasteiger partial charge in [0.25, 0.3) is 0 Å². The average Bonchev–Trinajstić information content (AvgIpc) is 2.70. The molecule has 1 heterocycles. The summed E-state index contributed by atoms with van der Waals surface area (Å²) < 4.78 is 1.22. The van der Waals surface area contributed by atoms with Gasteiger partial charge in [-0.15, -0.1) is 0 Å². The number of hydrogen-bond acceptors (Lipinski definition) is 3. The van der Waals surface area contributed by atoms with Gasteiger partial charge in [-0.25, -0.2) is 0 Å². The highest BCUT2D eigenvalue weighted by molar-refractivity contribution is 8.38. The van der Waals surface area contributed by atoms with E-state index in [4.69, 9.17) is 11.6 Å². The lowest BCUT2D eigenvalue weighted by molar-refractivity contribution is 1.18. The van der Waals surface area contributed by atoms with E-state index in [2.05, 4.69) is 17.1 Å². The second kappa shape index (κ2) is 5.10. The maximum absolute atomic E-state index is 5.80. The number of benzene rings is 1. The molecule has 0 atom stereocenters. The third-order valence-corrected chi connectivity index (χ3v) is 4.41. The van der Waals surface area contributed by atoms with Crippen LogP contribution in [0.5, 0.6) is 0 Å². The van der Waals surface area contributed by atoms with Crippen molar-refractivity contribution >= 4 is 39.5 Å². The summed E-state index contributed by atoms with van der Waals surface area (Å²) in [5, 5.41) is 0.798. The van der Waals surface area contributed by atoms with Gasteiger partial charge < -0.3 is 0 Å². The van der Waals surface area contributed by atoms with E-state index in [1.54, 1.807) is 0 Å². The van der Waals surface area contributed by atoms with Crippen LogP contribution in [0.2, 0.25) is 5.02 Å². The summed E-state index contributed by atoms with van der Waals surface area (Å²) in [7, 11) is 0. The number of aliphatic imine (C=N–C) groups is 1. The van der Waals surface area contributed by atoms with Gasteiger partial charge in [-0.05, 0) is 17.7 Å². The Hall–Kier alpha value is -0.120. The first kappa shape index (κ1) is 10.4. The molecule has 0 spiro atoms. The molecule has 1 aliphatic rings. The third kappa shape index (κ3) is 2.94. The Labute approximate surface area is 97.3 Å². The van der Waals surface area contributed by atoms with Crippen molar-refractivity contribution < 1.29 is 0 Å². The second-order valence-corrected chi connectivity index (χ2v) is 5.65. The summed E-state index contributed by atoms with van der Waals surface area (Å²) >= 11 is 9.47. The van der Waals surface area contributed by atoms with E-state index in [1.165, 1.54) is 9.94 Å². The van der Waals surface area contributed by atoms with E-state index < -0.39 is 0 Å². The molecule has 0 unspecified atom stereocenters. The van der Waals surface area contributed by atoms with E-state index in [9.17, 15) is 0 Å². The van der Waals surface area contributed by atoms with E-state index in [-0.39, 0.29) is 0 Å². The number of hydrogen-bond donors (Lipinski definition) is 0. The molecule has 0 saturated carbocycles. The molecule has 1 aromatic rings. The van der Waals surface area contributed by atoms with E-state index in [1.807, 2.05) is 35.7 Å². The van der Waals surface area contributed by atoms with Gasteiger partial charge in [0.05, 0.1) is 6.54 Å². The molecule has 4 heteroatoms. The highest BCUT2D eigenvalue weighted by atomic mass is 35.5. The number of rotatable bonds is 2. The normalized spacial score (nSPS) is 15.6. The molecule has 0 radical (unpaired) electrons. The fourth-order valence-electron chi connectivity index (χ4n) is 1.13. The lowest BCUT2D eigenvalue weighted by Gasteiger charge is -2.00. The molecule has 0 amide bonds. The third-order valence-electron chi connectivity index (χ3n) is 1.83. The maximum atomic E-state index is 5.80. The highest BCUT2D eigenvalue weighted by Gasteiger charge is 2.07. The predicted molar refractivity (Wildman–Crippen MR) is 67.5 cm³/mol. The summed E-state index contributed by atoms with van der Waals surface area (Å²) in [6.07, 6.45) is 0. The minimum atomic E-state index is 0.798. The van der Waals surface area contributed by atoms with Crippen LogP contribution in [0.1, 0.15) is 5.56 Å². The zero-order valence-corrected chi connectivity index (χ0v) is 9.96. The van der Waals surface area contributed by atoms with Gasteiger partial charge in [-0.1, -0.05) is 47.3 Å². The van der Waals surface area contributed by atoms with Crippen LogP contribution in [0.4, 0.5) is 0 Å². The van der Waals surface area contributed by atoms with Crippen LogP contribution in [0.3, 0.4) is 0 Å². The first-order chi connectivity index (χ1) is 6.84. The maximum Gasteiger partial charge on any atom is 0.124 e. The Kier molecular flexibility index (Phi) is 3.79. The topological polar surface area (TPSA) is 12.4 Å². The monoisotopic (exact) mass is 243 g/mol. The van der Waals surface area contributed by atoms with Crippen molar-refractivity contribution in [1.29, 1.82) is 0 Å². The zero-order chi connectivity index (χ0) is 9.80. The Morgan fingerprint density at radius 1 is 1.36 bits per heavy atom. The molecule has 0 aliphatic carbocycles. The molecule has 14 heavy (non-hydrogen) atoms. The minimum absolute atomic E-state index is 0.798. The quantitative estimate of drug-likeness (QED) is 0.786. The zero-order valence-electron chi connectivity index (χ0n) is 7.57. The first-order valence-corrected chi connectivity index (χ1v) is 6.74. The molecule has 74 valence electrons. The number of halogens is 1. The second-order valence-electron chi connectivity index (χ2n) is 2.91. The van der Waals surface area contributed by atoms with Crippen LogP contribution < -0.4 is 0 Å². The van der Waals surface area contributed by atoms with Gasteiger partial charge in [0.15, 0.2) is 0 Å². The Morgan fingerprint density at radius 3 is 2.79 bits per heavy atom. The molecule has 0 N–H and O–H groups in total. The molecular weight excluding hydrogens is 234 g/mol. The van der Waals surface area contributed by atoms with Crippen LogP contribution in [0.15, 0.2) is 29.3 Å². The molecule has 1 aromatic carbocycles. The fraction of sp³-hybridized carbons (Fsp3) is 0.300. The molecule has 1 nitrogen and oxygen atoms in total. The van der Waals surface area contributed by atoms with Crippen LogP contribution >= 0.6 is 35.1 Å². The van der Waals surface area contributed by atoms with Gasteiger partial charge >= 0.3 is 0 Å². The number of thioether (sulfide) groups is 2. The van der Waals surface area contributed by atoms with Gasteiger partial charge in [0.1, 0.15) is 4.38 Å². The average molecular weight is 244 g/mol. The molecule has 0 bridgehead atoms. The van der Waals surface area contributed by atoms with Crippen LogP contribution in [-0.4, -0.2) is 16.7 Å². The standard InChI is InChI=1S/C10H10ClNS2/c11-9-3-1-8(2-4-9)7-14-10-12-5-6-13-10/h1-4H,5-7H2. The molecular formula is C10H10ClNS2. The Balaban J connectivity index is 1.88. The van der Waals surface area contributed by atoms with Crippen molar-refractivity contribution in [1.82, 2.24) is 0 Å². The Morgan fingerprint density at radius 2 is 2.14 bits per heavy atom. The Bertz CT molecular complexity index is 334. The molecule has 0 saturated heterocycles. The molecule has 0 aromatic heterocycles. The predicted octanol–water partition coefficient (Wildman–Crippen LogP) is 3.68. The van der Waals surface area contributed by atoms with Crippen LogP contribution in [0.25, 0.3) is 0 Å².